The second kappa shape index (κ2) is 9.93. The standard InChI is InChI=1S/C26H29N3O4S/c1-31-21-9-7-19(8-10-21)27-26(34)29(20-5-3-2-4-6-20)16-18-13-17-14-23-24(33-12-11-32-23)15-22(17)28-25(18)30/h7-10,13-15,20H,2-6,11-12,16H2,1H3,(H,27,34)(H,28,30). The smallest absolute Gasteiger partial charge is 0.253 e. The Kier molecular flexibility index (Phi) is 6.58. The third-order valence-corrected chi connectivity index (χ3v) is 6.88. The molecule has 2 heterocycles. The van der Waals surface area contributed by atoms with Gasteiger partial charge in [-0.05, 0) is 61.5 Å². The third kappa shape index (κ3) is 4.82. The van der Waals surface area contributed by atoms with Crippen molar-refractivity contribution in [1.82, 2.24) is 9.88 Å². The molecule has 1 fully saturated rings. The Balaban J connectivity index is 1.43. The molecule has 8 heteroatoms. The maximum Gasteiger partial charge on any atom is 0.253 e. The Bertz CT molecular complexity index is 1240. The van der Waals surface area contributed by atoms with E-state index in [2.05, 4.69) is 15.2 Å². The molecular weight excluding hydrogens is 450 g/mol. The minimum Gasteiger partial charge on any atom is -0.497 e. The van der Waals surface area contributed by atoms with Gasteiger partial charge in [-0.15, -0.1) is 0 Å². The highest BCUT2D eigenvalue weighted by Crippen LogP contribution is 2.34. The number of benzene rings is 2. The van der Waals surface area contributed by atoms with Crippen LogP contribution in [0.15, 0.2) is 47.3 Å². The average molecular weight is 480 g/mol. The molecule has 2 aliphatic rings. The van der Waals surface area contributed by atoms with Gasteiger partial charge in [0.15, 0.2) is 16.6 Å². The Morgan fingerprint density at radius 2 is 1.79 bits per heavy atom. The Morgan fingerprint density at radius 3 is 2.50 bits per heavy atom. The molecule has 1 saturated carbocycles. The number of nitrogens with one attached hydrogen (secondary N) is 2. The van der Waals surface area contributed by atoms with Crippen molar-refractivity contribution in [3.05, 3.63) is 58.4 Å². The number of fused-ring (bicyclic) bond motifs is 2. The van der Waals surface area contributed by atoms with Crippen LogP contribution in [0.1, 0.15) is 37.7 Å². The van der Waals surface area contributed by atoms with E-state index in [9.17, 15) is 4.79 Å². The van der Waals surface area contributed by atoms with Crippen LogP contribution >= 0.6 is 12.2 Å². The van der Waals surface area contributed by atoms with Gasteiger partial charge >= 0.3 is 0 Å². The van der Waals surface area contributed by atoms with E-state index < -0.39 is 0 Å². The van der Waals surface area contributed by atoms with Crippen molar-refractivity contribution < 1.29 is 14.2 Å². The molecule has 0 saturated heterocycles. The minimum absolute atomic E-state index is 0.114. The molecule has 1 aliphatic carbocycles. The highest BCUT2D eigenvalue weighted by atomic mass is 32.1. The summed E-state index contributed by atoms with van der Waals surface area (Å²) in [5.74, 6) is 2.16. The van der Waals surface area contributed by atoms with Crippen LogP contribution in [0, 0.1) is 0 Å². The summed E-state index contributed by atoms with van der Waals surface area (Å²) in [5, 5.41) is 4.90. The quantitative estimate of drug-likeness (QED) is 0.507. The molecule has 2 N–H and O–H groups in total. The maximum atomic E-state index is 13.0. The molecule has 5 rings (SSSR count). The zero-order valence-corrected chi connectivity index (χ0v) is 20.1. The molecule has 1 aliphatic heterocycles. The highest BCUT2D eigenvalue weighted by molar-refractivity contribution is 7.80. The highest BCUT2D eigenvalue weighted by Gasteiger charge is 2.25. The van der Waals surface area contributed by atoms with E-state index in [1.807, 2.05) is 42.5 Å². The molecule has 0 unspecified atom stereocenters. The lowest BCUT2D eigenvalue weighted by Gasteiger charge is -2.36. The van der Waals surface area contributed by atoms with Gasteiger partial charge in [-0.25, -0.2) is 0 Å². The Labute approximate surface area is 204 Å². The van der Waals surface area contributed by atoms with Crippen LogP contribution in [0.2, 0.25) is 0 Å². The van der Waals surface area contributed by atoms with Crippen LogP contribution in [0.5, 0.6) is 17.2 Å². The summed E-state index contributed by atoms with van der Waals surface area (Å²) >= 11 is 5.85. The molecule has 3 aromatic rings. The van der Waals surface area contributed by atoms with Gasteiger partial charge in [0.2, 0.25) is 0 Å². The first-order valence-electron chi connectivity index (χ1n) is 11.8. The number of hydrogen-bond donors (Lipinski definition) is 2. The average Bonchev–Trinajstić information content (AvgIpc) is 2.87. The van der Waals surface area contributed by atoms with Crippen LogP contribution < -0.4 is 25.1 Å². The number of rotatable bonds is 5. The summed E-state index contributed by atoms with van der Waals surface area (Å²) < 4.78 is 16.6. The molecule has 178 valence electrons. The lowest BCUT2D eigenvalue weighted by molar-refractivity contribution is 0.172. The van der Waals surface area contributed by atoms with E-state index in [0.29, 0.717) is 48.0 Å². The first-order valence-corrected chi connectivity index (χ1v) is 12.2. The fourth-order valence-corrected chi connectivity index (χ4v) is 5.05. The largest absolute Gasteiger partial charge is 0.497 e. The molecule has 0 atom stereocenters. The van der Waals surface area contributed by atoms with Crippen molar-refractivity contribution in [3.8, 4) is 17.2 Å². The fraction of sp³-hybridized carbons (Fsp3) is 0.385. The van der Waals surface area contributed by atoms with Gasteiger partial charge in [0.1, 0.15) is 19.0 Å². The lowest BCUT2D eigenvalue weighted by Crippen LogP contribution is -2.44. The number of nitrogens with zero attached hydrogens (tertiary/aromatic N) is 1. The molecule has 0 bridgehead atoms. The van der Waals surface area contributed by atoms with E-state index in [0.717, 1.165) is 35.2 Å². The number of pyridine rings is 1. The number of H-pyrrole nitrogens is 1. The van der Waals surface area contributed by atoms with E-state index in [1.54, 1.807) is 7.11 Å². The maximum absolute atomic E-state index is 13.0. The summed E-state index contributed by atoms with van der Waals surface area (Å²) in [4.78, 5) is 18.2. The second-order valence-corrected chi connectivity index (χ2v) is 9.17. The van der Waals surface area contributed by atoms with Crippen LogP contribution in [0.25, 0.3) is 10.9 Å². The van der Waals surface area contributed by atoms with Crippen LogP contribution in [0.4, 0.5) is 5.69 Å². The molecule has 0 amide bonds. The number of aromatic amines is 1. The lowest BCUT2D eigenvalue weighted by atomic mass is 9.94. The monoisotopic (exact) mass is 479 g/mol. The number of aromatic nitrogens is 1. The van der Waals surface area contributed by atoms with Crippen molar-refractivity contribution >= 4 is 33.9 Å². The fourth-order valence-electron chi connectivity index (χ4n) is 4.72. The van der Waals surface area contributed by atoms with Crippen molar-refractivity contribution in [2.75, 3.05) is 25.6 Å². The molecule has 7 nitrogen and oxygen atoms in total. The predicted molar refractivity (Wildman–Crippen MR) is 137 cm³/mol. The third-order valence-electron chi connectivity index (χ3n) is 6.54. The Hall–Kier alpha value is -3.26. The number of thiocarbonyl (C=S) groups is 1. The molecule has 1 aromatic heterocycles. The Morgan fingerprint density at radius 1 is 1.09 bits per heavy atom. The molecule has 2 aromatic carbocycles. The number of ether oxygens (including phenoxy) is 3. The van der Waals surface area contributed by atoms with Crippen LogP contribution in [-0.2, 0) is 6.54 Å². The summed E-state index contributed by atoms with van der Waals surface area (Å²) in [6.07, 6.45) is 5.71. The van der Waals surface area contributed by atoms with E-state index in [-0.39, 0.29) is 5.56 Å². The molecule has 0 radical (unpaired) electrons. The first kappa shape index (κ1) is 22.5. The van der Waals surface area contributed by atoms with Gasteiger partial charge < -0.3 is 29.4 Å². The van der Waals surface area contributed by atoms with Crippen LogP contribution in [-0.4, -0.2) is 41.4 Å². The molecule has 0 spiro atoms. The zero-order valence-electron chi connectivity index (χ0n) is 19.3. The van der Waals surface area contributed by atoms with E-state index in [1.165, 1.54) is 19.3 Å². The SMILES string of the molecule is COc1ccc(NC(=S)N(Cc2cc3cc4c(cc3[nH]c2=O)OCCO4)C2CCCCC2)cc1. The first-order chi connectivity index (χ1) is 16.6. The van der Waals surface area contributed by atoms with Crippen molar-refractivity contribution in [3.63, 3.8) is 0 Å². The predicted octanol–water partition coefficient (Wildman–Crippen LogP) is 4.84. The van der Waals surface area contributed by atoms with E-state index >= 15 is 0 Å². The van der Waals surface area contributed by atoms with Crippen molar-refractivity contribution in [2.24, 2.45) is 0 Å². The van der Waals surface area contributed by atoms with Crippen molar-refractivity contribution in [1.29, 1.82) is 0 Å². The number of anilines is 1. The van der Waals surface area contributed by atoms with Gasteiger partial charge in [0, 0.05) is 28.7 Å². The summed E-state index contributed by atoms with van der Waals surface area (Å²) in [7, 11) is 1.65. The van der Waals surface area contributed by atoms with Gasteiger partial charge in [-0.1, -0.05) is 19.3 Å². The van der Waals surface area contributed by atoms with Gasteiger partial charge in [-0.2, -0.15) is 0 Å². The van der Waals surface area contributed by atoms with Gasteiger partial charge in [-0.3, -0.25) is 4.79 Å². The number of methoxy groups -OCH3 is 1. The summed E-state index contributed by atoms with van der Waals surface area (Å²) in [5.41, 5.74) is 2.19. The zero-order chi connectivity index (χ0) is 23.5. The topological polar surface area (TPSA) is 75.8 Å². The number of hydrogen-bond acceptors (Lipinski definition) is 5. The van der Waals surface area contributed by atoms with Gasteiger partial charge in [0.05, 0.1) is 19.2 Å². The van der Waals surface area contributed by atoms with Crippen LogP contribution in [0.3, 0.4) is 0 Å². The van der Waals surface area contributed by atoms with E-state index in [4.69, 9.17) is 26.4 Å². The van der Waals surface area contributed by atoms with Gasteiger partial charge in [0.25, 0.3) is 5.56 Å². The summed E-state index contributed by atoms with van der Waals surface area (Å²) in [6, 6.07) is 13.7. The van der Waals surface area contributed by atoms with Crippen molar-refractivity contribution in [2.45, 2.75) is 44.7 Å². The molecule has 34 heavy (non-hydrogen) atoms. The minimum atomic E-state index is -0.114. The normalized spacial score (nSPS) is 15.7. The summed E-state index contributed by atoms with van der Waals surface area (Å²) in [6.45, 7) is 1.47. The second-order valence-electron chi connectivity index (χ2n) is 8.79. The molecular formula is C26H29N3O4S.